The van der Waals surface area contributed by atoms with Crippen LogP contribution in [0.15, 0.2) is 15.5 Å². The van der Waals surface area contributed by atoms with Gasteiger partial charge in [0.05, 0.1) is 17.1 Å². The first kappa shape index (κ1) is 23.6. The Morgan fingerprint density at radius 2 is 0.960 bits per heavy atom. The van der Waals surface area contributed by atoms with Crippen molar-refractivity contribution in [2.45, 2.75) is 69.2 Å². The predicted molar refractivity (Wildman–Crippen MR) is 104 cm³/mol. The monoisotopic (exact) mass is 373 g/mol. The zero-order valence-corrected chi connectivity index (χ0v) is 18.4. The molecule has 0 N–H and O–H groups in total. The maximum absolute atomic E-state index is 5.67. The average Bonchev–Trinajstić information content (AvgIpc) is 2.54. The summed E-state index contributed by atoms with van der Waals surface area (Å²) in [5, 5.41) is 12.4. The van der Waals surface area contributed by atoms with Crippen molar-refractivity contribution in [1.29, 1.82) is 0 Å². The van der Waals surface area contributed by atoms with Gasteiger partial charge in [-0.2, -0.15) is 0 Å². The van der Waals surface area contributed by atoms with Crippen molar-refractivity contribution >= 4 is 26.2 Å². The standard InChI is InChI=1S/C17H35N3O4Si/c1-11-21-25(22-18-15(8)12(2)3,23-19-16(9)13(4)5)24-20-17(10)14(6)7/h12-14H,11H2,1-10H3. The quantitative estimate of drug-likeness (QED) is 0.301. The molecule has 0 spiro atoms. The molecule has 25 heavy (non-hydrogen) atoms. The summed E-state index contributed by atoms with van der Waals surface area (Å²) < 4.78 is 22.5. The van der Waals surface area contributed by atoms with Crippen molar-refractivity contribution in [1.82, 2.24) is 0 Å². The molecular weight excluding hydrogens is 338 g/mol. The predicted octanol–water partition coefficient (Wildman–Crippen LogP) is 4.60. The van der Waals surface area contributed by atoms with Crippen LogP contribution in [-0.2, 0) is 18.0 Å². The van der Waals surface area contributed by atoms with Crippen molar-refractivity contribution < 1.29 is 18.0 Å². The number of nitrogens with zero attached hydrogens (tertiary/aromatic N) is 3. The molecule has 0 radical (unpaired) electrons. The van der Waals surface area contributed by atoms with Gasteiger partial charge in [-0.15, -0.1) is 15.5 Å². The van der Waals surface area contributed by atoms with E-state index in [0.717, 1.165) is 17.1 Å². The highest BCUT2D eigenvalue weighted by Gasteiger charge is 2.58. The lowest BCUT2D eigenvalue weighted by molar-refractivity contribution is -0.0305. The molecule has 0 amide bonds. The van der Waals surface area contributed by atoms with Gasteiger partial charge in [0.15, 0.2) is 0 Å². The zero-order valence-electron chi connectivity index (χ0n) is 17.4. The van der Waals surface area contributed by atoms with Crippen LogP contribution in [0.4, 0.5) is 0 Å². The first-order chi connectivity index (χ1) is 11.5. The number of oxime groups is 3. The van der Waals surface area contributed by atoms with Crippen molar-refractivity contribution in [3.05, 3.63) is 0 Å². The van der Waals surface area contributed by atoms with E-state index in [2.05, 4.69) is 15.5 Å². The SMILES string of the molecule is CCO[Si](ON=C(C)C(C)C)(ON=C(C)C(C)C)ON=C(C)C(C)C. The molecule has 8 heteroatoms. The summed E-state index contributed by atoms with van der Waals surface area (Å²) in [4.78, 5) is 0. The third-order valence-electron chi connectivity index (χ3n) is 3.73. The third kappa shape index (κ3) is 9.01. The van der Waals surface area contributed by atoms with Gasteiger partial charge in [0, 0.05) is 6.61 Å². The van der Waals surface area contributed by atoms with Gasteiger partial charge >= 0.3 is 9.05 Å². The van der Waals surface area contributed by atoms with Gasteiger partial charge in [-0.05, 0) is 45.4 Å². The molecule has 0 fully saturated rings. The average molecular weight is 374 g/mol. The molecule has 0 bridgehead atoms. The Kier molecular flexibility index (Phi) is 10.6. The summed E-state index contributed by atoms with van der Waals surface area (Å²) in [5.74, 6) is 0.695. The number of rotatable bonds is 11. The van der Waals surface area contributed by atoms with Gasteiger partial charge < -0.3 is 18.0 Å². The molecular formula is C17H35N3O4Si. The summed E-state index contributed by atoms with van der Waals surface area (Å²) in [6, 6.07) is 0. The van der Waals surface area contributed by atoms with E-state index in [4.69, 9.17) is 18.0 Å². The molecule has 146 valence electrons. The van der Waals surface area contributed by atoms with Gasteiger partial charge in [0.1, 0.15) is 0 Å². The first-order valence-electron chi connectivity index (χ1n) is 8.86. The molecule has 0 aliphatic rings. The largest absolute Gasteiger partial charge is 0.957 e. The van der Waals surface area contributed by atoms with Crippen LogP contribution in [0.25, 0.3) is 0 Å². The minimum atomic E-state index is -3.68. The molecule has 0 aliphatic heterocycles. The van der Waals surface area contributed by atoms with E-state index in [1.54, 1.807) is 0 Å². The van der Waals surface area contributed by atoms with Gasteiger partial charge in [-0.1, -0.05) is 41.5 Å². The van der Waals surface area contributed by atoms with E-state index >= 15 is 0 Å². The molecule has 0 heterocycles. The smallest absolute Gasteiger partial charge is 0.351 e. The molecule has 0 rings (SSSR count). The summed E-state index contributed by atoms with van der Waals surface area (Å²) in [5.41, 5.74) is 2.41. The molecule has 0 aromatic carbocycles. The Balaban J connectivity index is 5.62. The van der Waals surface area contributed by atoms with E-state index < -0.39 is 9.05 Å². The zero-order chi connectivity index (χ0) is 19.6. The second-order valence-corrected chi connectivity index (χ2v) is 8.71. The van der Waals surface area contributed by atoms with Gasteiger partial charge in [0.2, 0.25) is 0 Å². The lowest BCUT2D eigenvalue weighted by atomic mass is 10.1. The van der Waals surface area contributed by atoms with Crippen LogP contribution in [0.2, 0.25) is 0 Å². The van der Waals surface area contributed by atoms with Crippen LogP contribution >= 0.6 is 0 Å². The van der Waals surface area contributed by atoms with E-state index in [9.17, 15) is 0 Å². The van der Waals surface area contributed by atoms with Crippen LogP contribution in [0.1, 0.15) is 69.2 Å². The molecule has 0 unspecified atom stereocenters. The van der Waals surface area contributed by atoms with Crippen molar-refractivity contribution in [3.63, 3.8) is 0 Å². The minimum absolute atomic E-state index is 0.232. The van der Waals surface area contributed by atoms with Gasteiger partial charge in [-0.3, -0.25) is 0 Å². The maximum atomic E-state index is 5.67. The Morgan fingerprint density at radius 3 is 1.16 bits per heavy atom. The second kappa shape index (κ2) is 11.3. The van der Waals surface area contributed by atoms with Crippen molar-refractivity contribution in [2.75, 3.05) is 6.61 Å². The second-order valence-electron chi connectivity index (χ2n) is 6.87. The molecule has 0 atom stereocenters. The highest BCUT2D eigenvalue weighted by molar-refractivity contribution is 6.53. The van der Waals surface area contributed by atoms with E-state index in [1.807, 2.05) is 69.2 Å². The summed E-state index contributed by atoms with van der Waals surface area (Å²) >= 11 is 0. The van der Waals surface area contributed by atoms with Crippen LogP contribution < -0.4 is 0 Å². The van der Waals surface area contributed by atoms with Crippen LogP contribution in [0, 0.1) is 17.8 Å². The fraction of sp³-hybridized carbons (Fsp3) is 0.824. The van der Waals surface area contributed by atoms with Crippen molar-refractivity contribution in [2.24, 2.45) is 33.2 Å². The molecule has 0 aromatic rings. The van der Waals surface area contributed by atoms with Gasteiger partial charge in [0.25, 0.3) is 0 Å². The maximum Gasteiger partial charge on any atom is 0.957 e. The Bertz CT molecular complexity index is 424. The fourth-order valence-electron chi connectivity index (χ4n) is 1.01. The highest BCUT2D eigenvalue weighted by atomic mass is 28.4. The topological polar surface area (TPSA) is 74.0 Å². The molecule has 0 saturated heterocycles. The summed E-state index contributed by atoms with van der Waals surface area (Å²) in [7, 11) is -3.68. The van der Waals surface area contributed by atoms with Crippen LogP contribution in [0.5, 0.6) is 0 Å². The number of hydrogen-bond acceptors (Lipinski definition) is 7. The summed E-state index contributed by atoms with van der Waals surface area (Å²) in [6.07, 6.45) is 0. The van der Waals surface area contributed by atoms with Crippen molar-refractivity contribution in [3.8, 4) is 0 Å². The molecule has 7 nitrogen and oxygen atoms in total. The molecule has 0 aliphatic carbocycles. The molecule has 0 saturated carbocycles. The fourth-order valence-corrected chi connectivity index (χ4v) is 2.38. The lowest BCUT2D eigenvalue weighted by Crippen LogP contribution is -2.46. The van der Waals surface area contributed by atoms with E-state index in [0.29, 0.717) is 6.61 Å². The third-order valence-corrected chi connectivity index (χ3v) is 5.32. The lowest BCUT2D eigenvalue weighted by Gasteiger charge is -2.21. The first-order valence-corrected chi connectivity index (χ1v) is 10.5. The Labute approximate surface area is 153 Å². The Morgan fingerprint density at radius 1 is 0.680 bits per heavy atom. The summed E-state index contributed by atoms with van der Waals surface area (Å²) in [6.45, 7) is 19.9. The highest BCUT2D eigenvalue weighted by Crippen LogP contribution is 2.16. The molecule has 0 aromatic heterocycles. The van der Waals surface area contributed by atoms with Gasteiger partial charge in [-0.25, -0.2) is 0 Å². The Hall–Kier alpha value is -1.41. The normalized spacial score (nSPS) is 16.4. The number of hydrogen-bond donors (Lipinski definition) is 0. The minimum Gasteiger partial charge on any atom is -0.351 e. The van der Waals surface area contributed by atoms with Crippen LogP contribution in [0.3, 0.4) is 0 Å². The van der Waals surface area contributed by atoms with E-state index in [1.165, 1.54) is 0 Å². The van der Waals surface area contributed by atoms with E-state index in [-0.39, 0.29) is 17.8 Å². The van der Waals surface area contributed by atoms with Crippen LogP contribution in [-0.4, -0.2) is 32.8 Å².